The van der Waals surface area contributed by atoms with Crippen LogP contribution in [0.3, 0.4) is 0 Å². The number of hydrogen-bond donors (Lipinski definition) is 2. The Bertz CT molecular complexity index is 604. The standard InChI is InChI=1S/C21H33FN2O/c1-14(2)20(13-25)23-12-19-17(22)10-11-18(24-19)15-6-8-16(9-7-15)21(3,4)5/h6,10-11,14,16,20,23,25H,7-9,12-13H2,1-5H3/t16?,20-/m0/s1. The normalized spacial score (nSPS) is 19.8. The molecule has 0 fully saturated rings. The number of nitrogens with one attached hydrogen (secondary N) is 1. The Kier molecular flexibility index (Phi) is 6.75. The minimum atomic E-state index is -0.291. The molecule has 2 atom stereocenters. The number of aliphatic hydroxyl groups is 1. The second-order valence-electron chi connectivity index (χ2n) is 8.61. The highest BCUT2D eigenvalue weighted by atomic mass is 19.1. The van der Waals surface area contributed by atoms with Gasteiger partial charge in [-0.15, -0.1) is 0 Å². The van der Waals surface area contributed by atoms with Crippen LogP contribution in [0.15, 0.2) is 18.2 Å². The summed E-state index contributed by atoms with van der Waals surface area (Å²) in [5.41, 5.74) is 2.86. The minimum absolute atomic E-state index is 0.0400. The van der Waals surface area contributed by atoms with Gasteiger partial charge >= 0.3 is 0 Å². The van der Waals surface area contributed by atoms with E-state index in [0.29, 0.717) is 23.6 Å². The monoisotopic (exact) mass is 348 g/mol. The van der Waals surface area contributed by atoms with Crippen LogP contribution in [0.2, 0.25) is 0 Å². The Hall–Kier alpha value is -1.26. The summed E-state index contributed by atoms with van der Waals surface area (Å²) in [5, 5.41) is 12.6. The average Bonchev–Trinajstić information content (AvgIpc) is 2.56. The molecule has 0 bridgehead atoms. The van der Waals surface area contributed by atoms with Gasteiger partial charge in [0.2, 0.25) is 0 Å². The molecule has 2 rings (SSSR count). The maximum absolute atomic E-state index is 14.1. The Labute approximate surface area is 151 Å². The molecular formula is C21H33FN2O. The fraction of sp³-hybridized carbons (Fsp3) is 0.667. The Morgan fingerprint density at radius 2 is 2.04 bits per heavy atom. The van der Waals surface area contributed by atoms with Crippen molar-refractivity contribution in [3.05, 3.63) is 35.4 Å². The van der Waals surface area contributed by atoms with Crippen LogP contribution in [-0.2, 0) is 6.54 Å². The first kappa shape index (κ1) is 20.1. The van der Waals surface area contributed by atoms with Crippen LogP contribution in [-0.4, -0.2) is 22.7 Å². The van der Waals surface area contributed by atoms with E-state index in [1.165, 1.54) is 11.6 Å². The molecule has 1 aromatic heterocycles. The Morgan fingerprint density at radius 3 is 2.56 bits per heavy atom. The van der Waals surface area contributed by atoms with Gasteiger partial charge in [-0.2, -0.15) is 0 Å². The maximum atomic E-state index is 14.1. The fourth-order valence-corrected chi connectivity index (χ4v) is 3.38. The number of nitrogens with zero attached hydrogens (tertiary/aromatic N) is 1. The number of hydrogen-bond acceptors (Lipinski definition) is 3. The topological polar surface area (TPSA) is 45.1 Å². The van der Waals surface area contributed by atoms with Gasteiger partial charge in [-0.1, -0.05) is 40.7 Å². The molecule has 1 aromatic rings. The van der Waals surface area contributed by atoms with E-state index in [4.69, 9.17) is 0 Å². The van der Waals surface area contributed by atoms with Crippen molar-refractivity contribution in [1.82, 2.24) is 10.3 Å². The SMILES string of the molecule is CC(C)[C@H](CO)NCc1nc(C2=CCC(C(C)(C)C)CC2)ccc1F. The lowest BCUT2D eigenvalue weighted by molar-refractivity contribution is 0.209. The molecule has 0 saturated carbocycles. The Balaban J connectivity index is 2.10. The first-order valence-corrected chi connectivity index (χ1v) is 9.41. The Morgan fingerprint density at radius 1 is 1.32 bits per heavy atom. The van der Waals surface area contributed by atoms with E-state index < -0.39 is 0 Å². The summed E-state index contributed by atoms with van der Waals surface area (Å²) in [6, 6.07) is 3.25. The van der Waals surface area contributed by atoms with Crippen LogP contribution in [0.5, 0.6) is 0 Å². The van der Waals surface area contributed by atoms with Crippen LogP contribution in [0.25, 0.3) is 5.57 Å². The average molecular weight is 349 g/mol. The number of halogens is 1. The van der Waals surface area contributed by atoms with Crippen LogP contribution < -0.4 is 5.32 Å². The van der Waals surface area contributed by atoms with Crippen molar-refractivity contribution in [2.75, 3.05) is 6.61 Å². The maximum Gasteiger partial charge on any atom is 0.146 e. The summed E-state index contributed by atoms with van der Waals surface area (Å²) in [4.78, 5) is 4.56. The number of aromatic nitrogens is 1. The molecule has 140 valence electrons. The van der Waals surface area contributed by atoms with E-state index in [9.17, 15) is 9.50 Å². The van der Waals surface area contributed by atoms with Crippen molar-refractivity contribution in [2.24, 2.45) is 17.3 Å². The first-order valence-electron chi connectivity index (χ1n) is 9.41. The summed E-state index contributed by atoms with van der Waals surface area (Å²) in [5.74, 6) is 0.682. The summed E-state index contributed by atoms with van der Waals surface area (Å²) >= 11 is 0. The van der Waals surface area contributed by atoms with Gasteiger partial charge in [-0.05, 0) is 54.2 Å². The fourth-order valence-electron chi connectivity index (χ4n) is 3.38. The van der Waals surface area contributed by atoms with E-state index in [1.807, 2.05) is 13.8 Å². The second-order valence-corrected chi connectivity index (χ2v) is 8.61. The zero-order chi connectivity index (χ0) is 18.6. The van der Waals surface area contributed by atoms with Gasteiger partial charge in [0.25, 0.3) is 0 Å². The van der Waals surface area contributed by atoms with Crippen molar-refractivity contribution >= 4 is 5.57 Å². The third-order valence-corrected chi connectivity index (χ3v) is 5.42. The quantitative estimate of drug-likeness (QED) is 0.792. The molecule has 0 aliphatic heterocycles. The van der Waals surface area contributed by atoms with Crippen molar-refractivity contribution < 1.29 is 9.50 Å². The van der Waals surface area contributed by atoms with E-state index >= 15 is 0 Å². The van der Waals surface area contributed by atoms with Crippen LogP contribution in [0.1, 0.15) is 65.3 Å². The van der Waals surface area contributed by atoms with Crippen molar-refractivity contribution in [3.63, 3.8) is 0 Å². The highest BCUT2D eigenvalue weighted by Crippen LogP contribution is 2.39. The zero-order valence-corrected chi connectivity index (χ0v) is 16.3. The summed E-state index contributed by atoms with van der Waals surface area (Å²) < 4.78 is 14.1. The number of rotatable bonds is 6. The molecule has 0 spiro atoms. The molecule has 0 amide bonds. The minimum Gasteiger partial charge on any atom is -0.395 e. The lowest BCUT2D eigenvalue weighted by Gasteiger charge is -2.33. The van der Waals surface area contributed by atoms with Gasteiger partial charge in [0.1, 0.15) is 5.82 Å². The molecular weight excluding hydrogens is 315 g/mol. The van der Waals surface area contributed by atoms with Crippen molar-refractivity contribution in [3.8, 4) is 0 Å². The van der Waals surface area contributed by atoms with Gasteiger partial charge in [0.15, 0.2) is 0 Å². The van der Waals surface area contributed by atoms with Crippen molar-refractivity contribution in [1.29, 1.82) is 0 Å². The van der Waals surface area contributed by atoms with Crippen LogP contribution in [0, 0.1) is 23.1 Å². The molecule has 0 aromatic carbocycles. The van der Waals surface area contributed by atoms with E-state index in [-0.39, 0.29) is 24.4 Å². The molecule has 1 unspecified atom stereocenters. The molecule has 4 heteroatoms. The summed E-state index contributed by atoms with van der Waals surface area (Å²) in [6.45, 7) is 11.3. The highest BCUT2D eigenvalue weighted by Gasteiger charge is 2.27. The first-order chi connectivity index (χ1) is 11.7. The summed E-state index contributed by atoms with van der Waals surface area (Å²) in [7, 11) is 0. The number of allylic oxidation sites excluding steroid dienone is 2. The molecule has 0 radical (unpaired) electrons. The molecule has 0 saturated heterocycles. The zero-order valence-electron chi connectivity index (χ0n) is 16.3. The predicted octanol–water partition coefficient (Wildman–Crippen LogP) is 4.56. The largest absolute Gasteiger partial charge is 0.395 e. The van der Waals surface area contributed by atoms with Gasteiger partial charge in [-0.25, -0.2) is 9.37 Å². The van der Waals surface area contributed by atoms with Crippen LogP contribution in [0.4, 0.5) is 4.39 Å². The van der Waals surface area contributed by atoms with Crippen molar-refractivity contribution in [2.45, 2.75) is 66.5 Å². The van der Waals surface area contributed by atoms with Gasteiger partial charge < -0.3 is 10.4 Å². The third kappa shape index (κ3) is 5.35. The van der Waals surface area contributed by atoms with Gasteiger partial charge in [-0.3, -0.25) is 0 Å². The molecule has 1 aliphatic rings. The highest BCUT2D eigenvalue weighted by molar-refractivity contribution is 5.63. The van der Waals surface area contributed by atoms with Gasteiger partial charge in [0, 0.05) is 12.6 Å². The molecule has 3 nitrogen and oxygen atoms in total. The summed E-state index contributed by atoms with van der Waals surface area (Å²) in [6.07, 6.45) is 5.49. The molecule has 25 heavy (non-hydrogen) atoms. The van der Waals surface area contributed by atoms with E-state index in [1.54, 1.807) is 6.07 Å². The number of pyridine rings is 1. The van der Waals surface area contributed by atoms with E-state index in [0.717, 1.165) is 25.0 Å². The second kappa shape index (κ2) is 8.41. The molecule has 1 aliphatic carbocycles. The lowest BCUT2D eigenvalue weighted by atomic mass is 9.73. The third-order valence-electron chi connectivity index (χ3n) is 5.42. The van der Waals surface area contributed by atoms with Crippen LogP contribution >= 0.6 is 0 Å². The smallest absolute Gasteiger partial charge is 0.146 e. The molecule has 1 heterocycles. The van der Waals surface area contributed by atoms with Gasteiger partial charge in [0.05, 0.1) is 18.0 Å². The predicted molar refractivity (Wildman–Crippen MR) is 102 cm³/mol. The molecule has 2 N–H and O–H groups in total. The number of aliphatic hydroxyl groups excluding tert-OH is 1. The lowest BCUT2D eigenvalue weighted by Crippen LogP contribution is -2.37. The van der Waals surface area contributed by atoms with E-state index in [2.05, 4.69) is 37.1 Å².